The third-order valence-electron chi connectivity index (χ3n) is 3.68. The van der Waals surface area contributed by atoms with Crippen molar-refractivity contribution in [3.63, 3.8) is 0 Å². The number of hydrogen-bond donors (Lipinski definition) is 2. The van der Waals surface area contributed by atoms with E-state index in [0.29, 0.717) is 11.3 Å². The average molecular weight is 328 g/mol. The van der Waals surface area contributed by atoms with Crippen molar-refractivity contribution in [3.8, 4) is 5.75 Å². The molecule has 0 saturated heterocycles. The summed E-state index contributed by atoms with van der Waals surface area (Å²) < 4.78 is 6.30. The number of benzene rings is 1. The second-order valence-corrected chi connectivity index (χ2v) is 5.58. The Kier molecular flexibility index (Phi) is 4.47. The van der Waals surface area contributed by atoms with Crippen molar-refractivity contribution in [3.05, 3.63) is 27.2 Å². The van der Waals surface area contributed by atoms with Crippen LogP contribution in [0.4, 0.5) is 0 Å². The first kappa shape index (κ1) is 14.3. The minimum atomic E-state index is -0.913. The zero-order valence-electron chi connectivity index (χ0n) is 10.9. The van der Waals surface area contributed by atoms with Crippen LogP contribution in [0, 0.1) is 0 Å². The van der Waals surface area contributed by atoms with Crippen LogP contribution in [0.5, 0.6) is 5.75 Å². The first-order valence-electron chi connectivity index (χ1n) is 6.41. The lowest BCUT2D eigenvalue weighted by molar-refractivity contribution is -0.138. The third-order valence-corrected chi connectivity index (χ3v) is 4.52. The summed E-state index contributed by atoms with van der Waals surface area (Å²) in [5.74, 6) is -1.03. The fraction of sp³-hybridized carbons (Fsp3) is 0.500. The summed E-state index contributed by atoms with van der Waals surface area (Å²) in [5.41, 5.74) is 8.73. The molecule has 4 nitrogen and oxygen atoms in total. The van der Waals surface area contributed by atoms with Crippen molar-refractivity contribution >= 4 is 21.9 Å². The van der Waals surface area contributed by atoms with Gasteiger partial charge < -0.3 is 15.6 Å². The first-order valence-corrected chi connectivity index (χ1v) is 7.20. The second-order valence-electron chi connectivity index (χ2n) is 4.78. The lowest BCUT2D eigenvalue weighted by Crippen LogP contribution is -2.22. The maximum Gasteiger partial charge on any atom is 0.312 e. The number of hydrogen-bond acceptors (Lipinski definition) is 3. The number of ether oxygens (including phenoxy) is 1. The average Bonchev–Trinajstić information content (AvgIpc) is 2.39. The quantitative estimate of drug-likeness (QED) is 0.891. The highest BCUT2D eigenvalue weighted by Crippen LogP contribution is 2.41. The molecule has 2 rings (SSSR count). The van der Waals surface area contributed by atoms with E-state index in [1.807, 2.05) is 6.07 Å². The van der Waals surface area contributed by atoms with Gasteiger partial charge in [0.1, 0.15) is 5.75 Å². The number of aliphatic carboxylic acids is 1. The summed E-state index contributed by atoms with van der Waals surface area (Å²) in [6.45, 7) is 0.0664. The number of rotatable bonds is 4. The molecule has 0 saturated carbocycles. The number of aryl methyl sites for hydroxylation is 1. The molecule has 1 aromatic carbocycles. The van der Waals surface area contributed by atoms with Gasteiger partial charge in [-0.3, -0.25) is 4.79 Å². The summed E-state index contributed by atoms with van der Waals surface area (Å²) in [6.07, 6.45) is 4.30. The molecule has 0 radical (unpaired) electrons. The Balaban J connectivity index is 2.59. The van der Waals surface area contributed by atoms with Crippen LogP contribution < -0.4 is 10.5 Å². The highest BCUT2D eigenvalue weighted by molar-refractivity contribution is 9.10. The molecule has 0 aromatic heterocycles. The van der Waals surface area contributed by atoms with E-state index in [1.165, 1.54) is 11.1 Å². The Morgan fingerprint density at radius 2 is 2.21 bits per heavy atom. The van der Waals surface area contributed by atoms with E-state index in [1.54, 1.807) is 7.11 Å². The van der Waals surface area contributed by atoms with Gasteiger partial charge in [-0.2, -0.15) is 0 Å². The van der Waals surface area contributed by atoms with Crippen molar-refractivity contribution in [2.24, 2.45) is 5.73 Å². The minimum Gasteiger partial charge on any atom is -0.495 e. The van der Waals surface area contributed by atoms with Gasteiger partial charge in [0.05, 0.1) is 17.5 Å². The van der Waals surface area contributed by atoms with Crippen LogP contribution in [0.3, 0.4) is 0 Å². The van der Waals surface area contributed by atoms with Crippen LogP contribution in [0.2, 0.25) is 0 Å². The van der Waals surface area contributed by atoms with E-state index < -0.39 is 11.9 Å². The molecule has 0 amide bonds. The Morgan fingerprint density at radius 3 is 2.79 bits per heavy atom. The van der Waals surface area contributed by atoms with E-state index in [0.717, 1.165) is 30.2 Å². The molecular weight excluding hydrogens is 310 g/mol. The van der Waals surface area contributed by atoms with Crippen LogP contribution in [-0.2, 0) is 17.6 Å². The number of carboxylic acids is 1. The van der Waals surface area contributed by atoms with Gasteiger partial charge in [-0.05, 0) is 52.7 Å². The Morgan fingerprint density at radius 1 is 1.53 bits per heavy atom. The van der Waals surface area contributed by atoms with Gasteiger partial charge in [-0.1, -0.05) is 6.07 Å². The molecule has 19 heavy (non-hydrogen) atoms. The molecule has 1 aliphatic carbocycles. The minimum absolute atomic E-state index is 0.0664. The van der Waals surface area contributed by atoms with Crippen molar-refractivity contribution in [2.75, 3.05) is 13.7 Å². The molecule has 0 aliphatic heterocycles. The Labute approximate surface area is 121 Å². The molecule has 104 valence electrons. The third kappa shape index (κ3) is 2.62. The standard InChI is InChI=1S/C14H18BrNO3/c1-19-13-10(11(7-16)14(17)18)6-8-4-2-3-5-9(8)12(13)15/h6,11H,2-5,7,16H2,1H3,(H,17,18). The fourth-order valence-corrected chi connectivity index (χ4v) is 3.53. The van der Waals surface area contributed by atoms with Crippen LogP contribution >= 0.6 is 15.9 Å². The van der Waals surface area contributed by atoms with Crippen LogP contribution in [0.1, 0.15) is 35.4 Å². The van der Waals surface area contributed by atoms with E-state index in [2.05, 4.69) is 15.9 Å². The summed E-state index contributed by atoms with van der Waals surface area (Å²) in [7, 11) is 1.56. The first-order chi connectivity index (χ1) is 9.10. The van der Waals surface area contributed by atoms with Gasteiger partial charge >= 0.3 is 5.97 Å². The molecule has 0 fully saturated rings. The Bertz CT molecular complexity index is 502. The summed E-state index contributed by atoms with van der Waals surface area (Å²) in [5, 5.41) is 9.29. The normalized spacial score (nSPS) is 15.7. The fourth-order valence-electron chi connectivity index (χ4n) is 2.68. The number of carbonyl (C=O) groups is 1. The number of halogens is 1. The van der Waals surface area contributed by atoms with Crippen molar-refractivity contribution in [1.82, 2.24) is 0 Å². The topological polar surface area (TPSA) is 72.5 Å². The molecule has 0 bridgehead atoms. The van der Waals surface area contributed by atoms with Gasteiger partial charge in [0.25, 0.3) is 0 Å². The Hall–Kier alpha value is -1.07. The van der Waals surface area contributed by atoms with E-state index >= 15 is 0 Å². The monoisotopic (exact) mass is 327 g/mol. The number of nitrogens with two attached hydrogens (primary N) is 1. The largest absolute Gasteiger partial charge is 0.495 e. The zero-order chi connectivity index (χ0) is 14.0. The molecule has 1 aliphatic rings. The van der Waals surface area contributed by atoms with Gasteiger partial charge in [-0.15, -0.1) is 0 Å². The SMILES string of the molecule is COc1c(C(CN)C(=O)O)cc2c(c1Br)CCCC2. The van der Waals surface area contributed by atoms with E-state index in [4.69, 9.17) is 10.5 Å². The smallest absolute Gasteiger partial charge is 0.312 e. The number of fused-ring (bicyclic) bond motifs is 1. The zero-order valence-corrected chi connectivity index (χ0v) is 12.5. The molecule has 0 heterocycles. The molecule has 3 N–H and O–H groups in total. The van der Waals surface area contributed by atoms with Crippen LogP contribution in [0.15, 0.2) is 10.5 Å². The van der Waals surface area contributed by atoms with Gasteiger partial charge in [0, 0.05) is 12.1 Å². The second kappa shape index (κ2) is 5.92. The van der Waals surface area contributed by atoms with Gasteiger partial charge in [0.2, 0.25) is 0 Å². The van der Waals surface area contributed by atoms with Crippen molar-refractivity contribution in [2.45, 2.75) is 31.6 Å². The van der Waals surface area contributed by atoms with Crippen LogP contribution in [0.25, 0.3) is 0 Å². The highest BCUT2D eigenvalue weighted by Gasteiger charge is 2.27. The van der Waals surface area contributed by atoms with Crippen LogP contribution in [-0.4, -0.2) is 24.7 Å². The molecule has 0 spiro atoms. The van der Waals surface area contributed by atoms with Gasteiger partial charge in [0.15, 0.2) is 0 Å². The maximum absolute atomic E-state index is 11.3. The maximum atomic E-state index is 11.3. The summed E-state index contributed by atoms with van der Waals surface area (Å²) >= 11 is 3.57. The van der Waals surface area contributed by atoms with E-state index in [9.17, 15) is 9.90 Å². The highest BCUT2D eigenvalue weighted by atomic mass is 79.9. The predicted molar refractivity (Wildman–Crippen MR) is 76.8 cm³/mol. The number of methoxy groups -OCH3 is 1. The van der Waals surface area contributed by atoms with Gasteiger partial charge in [-0.25, -0.2) is 0 Å². The van der Waals surface area contributed by atoms with Crippen molar-refractivity contribution in [1.29, 1.82) is 0 Å². The molecule has 5 heteroatoms. The van der Waals surface area contributed by atoms with E-state index in [-0.39, 0.29) is 6.54 Å². The molecule has 1 unspecified atom stereocenters. The lowest BCUT2D eigenvalue weighted by Gasteiger charge is -2.23. The summed E-state index contributed by atoms with van der Waals surface area (Å²) in [6, 6.07) is 1.96. The molecule has 1 aromatic rings. The number of carboxylic acid groups (broad SMARTS) is 1. The molecule has 1 atom stereocenters. The lowest BCUT2D eigenvalue weighted by atomic mass is 9.86. The predicted octanol–water partition coefficient (Wildman–Crippen LogP) is 2.46. The van der Waals surface area contributed by atoms with Crippen molar-refractivity contribution < 1.29 is 14.6 Å². The summed E-state index contributed by atoms with van der Waals surface area (Å²) in [4.78, 5) is 11.3. The molecular formula is C14H18BrNO3.